The number of hydrogen-bond donors (Lipinski definition) is 1. The number of fused-ring (bicyclic) bond motifs is 1. The third-order valence-corrected chi connectivity index (χ3v) is 4.65. The lowest BCUT2D eigenvalue weighted by Crippen LogP contribution is -2.17. The maximum absolute atomic E-state index is 6.23. The van der Waals surface area contributed by atoms with Gasteiger partial charge in [-0.2, -0.15) is 0 Å². The molecule has 0 aliphatic carbocycles. The summed E-state index contributed by atoms with van der Waals surface area (Å²) in [4.78, 5) is 0. The van der Waals surface area contributed by atoms with Gasteiger partial charge in [-0.15, -0.1) is 0 Å². The molecule has 26 heavy (non-hydrogen) atoms. The van der Waals surface area contributed by atoms with Crippen molar-refractivity contribution in [2.45, 2.75) is 26.5 Å². The van der Waals surface area contributed by atoms with Crippen molar-refractivity contribution in [3.63, 3.8) is 0 Å². The van der Waals surface area contributed by atoms with Crippen LogP contribution in [0.3, 0.4) is 0 Å². The van der Waals surface area contributed by atoms with Crippen LogP contribution in [0.2, 0.25) is 0 Å². The second-order valence-electron chi connectivity index (χ2n) is 6.50. The largest absolute Gasteiger partial charge is 0.489 e. The summed E-state index contributed by atoms with van der Waals surface area (Å²) >= 11 is 0. The molecule has 0 spiro atoms. The number of nitrogens with one attached hydrogen (secondary N) is 1. The van der Waals surface area contributed by atoms with E-state index in [-0.39, 0.29) is 0 Å². The fraction of sp³-hybridized carbons (Fsp3) is 0.304. The highest BCUT2D eigenvalue weighted by Gasteiger charge is 2.09. The van der Waals surface area contributed by atoms with Crippen molar-refractivity contribution in [2.24, 2.45) is 0 Å². The van der Waals surface area contributed by atoms with E-state index in [1.54, 1.807) is 7.11 Å². The zero-order valence-electron chi connectivity index (χ0n) is 15.6. The summed E-state index contributed by atoms with van der Waals surface area (Å²) in [5.74, 6) is 0.950. The second-order valence-corrected chi connectivity index (χ2v) is 6.50. The van der Waals surface area contributed by atoms with E-state index in [1.807, 2.05) is 0 Å². The van der Waals surface area contributed by atoms with Crippen molar-refractivity contribution in [1.29, 1.82) is 0 Å². The van der Waals surface area contributed by atoms with E-state index in [9.17, 15) is 0 Å². The summed E-state index contributed by atoms with van der Waals surface area (Å²) in [6.45, 7) is 5.20. The van der Waals surface area contributed by atoms with E-state index >= 15 is 0 Å². The van der Waals surface area contributed by atoms with Gasteiger partial charge in [-0.25, -0.2) is 0 Å². The van der Waals surface area contributed by atoms with Gasteiger partial charge in [0.1, 0.15) is 12.4 Å². The minimum absolute atomic E-state index is 0.585. The van der Waals surface area contributed by atoms with Gasteiger partial charge in [0.05, 0.1) is 0 Å². The molecular weight excluding hydrogens is 322 g/mol. The fourth-order valence-electron chi connectivity index (χ4n) is 3.12. The van der Waals surface area contributed by atoms with Crippen molar-refractivity contribution >= 4 is 10.8 Å². The maximum atomic E-state index is 6.23. The lowest BCUT2D eigenvalue weighted by atomic mass is 10.0. The van der Waals surface area contributed by atoms with Crippen molar-refractivity contribution in [3.05, 3.63) is 77.4 Å². The molecule has 3 aromatic rings. The summed E-state index contributed by atoms with van der Waals surface area (Å²) in [5, 5.41) is 6.00. The van der Waals surface area contributed by atoms with E-state index in [0.29, 0.717) is 6.61 Å². The van der Waals surface area contributed by atoms with Crippen LogP contribution in [0.15, 0.2) is 60.7 Å². The first-order chi connectivity index (χ1) is 12.8. The zero-order chi connectivity index (χ0) is 18.2. The average molecular weight is 349 g/mol. The molecule has 0 heterocycles. The van der Waals surface area contributed by atoms with Gasteiger partial charge in [0.2, 0.25) is 0 Å². The van der Waals surface area contributed by atoms with Gasteiger partial charge in [0.25, 0.3) is 0 Å². The first-order valence-corrected chi connectivity index (χ1v) is 9.17. The van der Waals surface area contributed by atoms with Crippen LogP contribution in [0.1, 0.15) is 23.1 Å². The van der Waals surface area contributed by atoms with Crippen LogP contribution in [-0.2, 0) is 17.9 Å². The fourth-order valence-corrected chi connectivity index (χ4v) is 3.12. The molecule has 0 atom stereocenters. The molecule has 0 aliphatic heterocycles. The number of ether oxygens (including phenoxy) is 2. The lowest BCUT2D eigenvalue weighted by molar-refractivity contribution is 0.194. The Morgan fingerprint density at radius 1 is 0.923 bits per heavy atom. The Morgan fingerprint density at radius 3 is 2.58 bits per heavy atom. The van der Waals surface area contributed by atoms with E-state index < -0.39 is 0 Å². The maximum Gasteiger partial charge on any atom is 0.124 e. The van der Waals surface area contributed by atoms with Crippen LogP contribution < -0.4 is 10.1 Å². The molecule has 1 N–H and O–H groups in total. The van der Waals surface area contributed by atoms with E-state index in [4.69, 9.17) is 9.47 Å². The average Bonchev–Trinajstić information content (AvgIpc) is 2.68. The summed E-state index contributed by atoms with van der Waals surface area (Å²) < 4.78 is 11.3. The predicted molar refractivity (Wildman–Crippen MR) is 108 cm³/mol. The van der Waals surface area contributed by atoms with Gasteiger partial charge in [-0.05, 0) is 47.9 Å². The monoisotopic (exact) mass is 349 g/mol. The summed E-state index contributed by atoms with van der Waals surface area (Å²) in [5.41, 5.74) is 3.70. The second kappa shape index (κ2) is 9.37. The van der Waals surface area contributed by atoms with Gasteiger partial charge in [-0.1, -0.05) is 54.6 Å². The molecule has 3 aromatic carbocycles. The molecule has 0 aliphatic rings. The zero-order valence-corrected chi connectivity index (χ0v) is 15.6. The first kappa shape index (κ1) is 18.4. The molecule has 0 saturated carbocycles. The van der Waals surface area contributed by atoms with Gasteiger partial charge in [0, 0.05) is 25.8 Å². The molecule has 0 unspecified atom stereocenters. The first-order valence-electron chi connectivity index (χ1n) is 9.17. The summed E-state index contributed by atoms with van der Waals surface area (Å²) in [6.07, 6.45) is 1.00. The minimum Gasteiger partial charge on any atom is -0.489 e. The minimum atomic E-state index is 0.585. The predicted octanol–water partition coefficient (Wildman–Crippen LogP) is 4.85. The van der Waals surface area contributed by atoms with E-state index in [1.165, 1.54) is 27.5 Å². The number of hydrogen-bond acceptors (Lipinski definition) is 3. The summed E-state index contributed by atoms with van der Waals surface area (Å²) in [6, 6.07) is 21.1. The number of aryl methyl sites for hydroxylation is 1. The standard InChI is InChI=1S/C23H27NO2/c1-18-8-3-4-10-20(18)17-26-23-13-12-19-9-5-6-11-21(19)22(23)16-24-14-7-15-25-2/h3-6,8-13,24H,7,14-17H2,1-2H3. The Kier molecular flexibility index (Phi) is 6.64. The molecule has 3 heteroatoms. The highest BCUT2D eigenvalue weighted by molar-refractivity contribution is 5.87. The van der Waals surface area contributed by atoms with Crippen molar-refractivity contribution in [3.8, 4) is 5.75 Å². The third-order valence-electron chi connectivity index (χ3n) is 4.65. The van der Waals surface area contributed by atoms with Crippen LogP contribution in [0, 0.1) is 6.92 Å². The number of benzene rings is 3. The number of rotatable bonds is 9. The van der Waals surface area contributed by atoms with Crippen molar-refractivity contribution in [2.75, 3.05) is 20.3 Å². The molecular formula is C23H27NO2. The lowest BCUT2D eigenvalue weighted by Gasteiger charge is -2.16. The van der Waals surface area contributed by atoms with E-state index in [0.717, 1.165) is 31.9 Å². The van der Waals surface area contributed by atoms with Crippen LogP contribution in [-0.4, -0.2) is 20.3 Å². The Morgan fingerprint density at radius 2 is 1.73 bits per heavy atom. The Bertz CT molecular complexity index is 844. The van der Waals surface area contributed by atoms with Crippen LogP contribution in [0.5, 0.6) is 5.75 Å². The van der Waals surface area contributed by atoms with Gasteiger partial charge in [-0.3, -0.25) is 0 Å². The van der Waals surface area contributed by atoms with Gasteiger partial charge >= 0.3 is 0 Å². The molecule has 3 nitrogen and oxygen atoms in total. The van der Waals surface area contributed by atoms with Crippen LogP contribution >= 0.6 is 0 Å². The van der Waals surface area contributed by atoms with Crippen molar-refractivity contribution < 1.29 is 9.47 Å². The molecule has 136 valence electrons. The van der Waals surface area contributed by atoms with Gasteiger partial charge in [0.15, 0.2) is 0 Å². The normalized spacial score (nSPS) is 11.0. The Labute approximate surface area is 156 Å². The Balaban J connectivity index is 1.79. The molecule has 0 aromatic heterocycles. The summed E-state index contributed by atoms with van der Waals surface area (Å²) in [7, 11) is 1.74. The van der Waals surface area contributed by atoms with Crippen LogP contribution in [0.4, 0.5) is 0 Å². The molecule has 0 amide bonds. The highest BCUT2D eigenvalue weighted by Crippen LogP contribution is 2.29. The smallest absolute Gasteiger partial charge is 0.124 e. The molecule has 3 rings (SSSR count). The van der Waals surface area contributed by atoms with Crippen molar-refractivity contribution in [1.82, 2.24) is 5.32 Å². The highest BCUT2D eigenvalue weighted by atomic mass is 16.5. The molecule has 0 bridgehead atoms. The molecule has 0 fully saturated rings. The van der Waals surface area contributed by atoms with E-state index in [2.05, 4.69) is 72.9 Å². The molecule has 0 radical (unpaired) electrons. The Hall–Kier alpha value is -2.36. The topological polar surface area (TPSA) is 30.5 Å². The SMILES string of the molecule is COCCCNCc1c(OCc2ccccc2C)ccc2ccccc12. The quantitative estimate of drug-likeness (QED) is 0.560. The molecule has 0 saturated heterocycles. The van der Waals surface area contributed by atoms with Crippen LogP contribution in [0.25, 0.3) is 10.8 Å². The van der Waals surface area contributed by atoms with Gasteiger partial charge < -0.3 is 14.8 Å². The number of methoxy groups -OCH3 is 1. The third kappa shape index (κ3) is 4.63.